The molecule has 0 saturated carbocycles. The highest BCUT2D eigenvalue weighted by Gasteiger charge is 2.14. The molecular formula is C12H7Cl2NO2. The molecule has 86 valence electrons. The summed E-state index contributed by atoms with van der Waals surface area (Å²) in [5.74, 6) is -1.09. The van der Waals surface area contributed by atoms with Gasteiger partial charge in [0.15, 0.2) is 0 Å². The van der Waals surface area contributed by atoms with E-state index in [0.717, 1.165) is 0 Å². The van der Waals surface area contributed by atoms with Crippen molar-refractivity contribution in [3.8, 4) is 11.3 Å². The third-order valence-corrected chi connectivity index (χ3v) is 2.85. The molecule has 0 saturated heterocycles. The summed E-state index contributed by atoms with van der Waals surface area (Å²) in [4.78, 5) is 15.1. The van der Waals surface area contributed by atoms with E-state index in [2.05, 4.69) is 4.98 Å². The van der Waals surface area contributed by atoms with E-state index in [4.69, 9.17) is 28.3 Å². The summed E-state index contributed by atoms with van der Waals surface area (Å²) < 4.78 is 0. The molecule has 0 atom stereocenters. The van der Waals surface area contributed by atoms with Crippen molar-refractivity contribution in [3.63, 3.8) is 0 Å². The lowest BCUT2D eigenvalue weighted by Gasteiger charge is -2.06. The van der Waals surface area contributed by atoms with E-state index in [-0.39, 0.29) is 10.6 Å². The van der Waals surface area contributed by atoms with E-state index in [1.54, 1.807) is 24.4 Å². The number of aromatic carboxylic acids is 1. The number of hydrogen-bond acceptors (Lipinski definition) is 2. The van der Waals surface area contributed by atoms with Crippen molar-refractivity contribution in [1.29, 1.82) is 0 Å². The van der Waals surface area contributed by atoms with E-state index >= 15 is 0 Å². The number of benzene rings is 1. The Labute approximate surface area is 108 Å². The van der Waals surface area contributed by atoms with Gasteiger partial charge >= 0.3 is 5.97 Å². The second-order valence-electron chi connectivity index (χ2n) is 3.33. The second-order valence-corrected chi connectivity index (χ2v) is 4.15. The van der Waals surface area contributed by atoms with Crippen LogP contribution in [0.4, 0.5) is 0 Å². The number of hydrogen-bond donors (Lipinski definition) is 1. The van der Waals surface area contributed by atoms with Gasteiger partial charge in [-0.15, -0.1) is 0 Å². The number of aromatic nitrogens is 1. The van der Waals surface area contributed by atoms with Crippen LogP contribution in [0.15, 0.2) is 36.5 Å². The molecule has 1 aromatic heterocycles. The van der Waals surface area contributed by atoms with Gasteiger partial charge in [0.1, 0.15) is 0 Å². The number of carbonyl (C=O) groups is 1. The lowest BCUT2D eigenvalue weighted by Crippen LogP contribution is -1.98. The van der Waals surface area contributed by atoms with Gasteiger partial charge in [-0.25, -0.2) is 4.79 Å². The van der Waals surface area contributed by atoms with Crippen molar-refractivity contribution in [2.45, 2.75) is 0 Å². The van der Waals surface area contributed by atoms with Gasteiger partial charge in [0.2, 0.25) is 0 Å². The van der Waals surface area contributed by atoms with Gasteiger partial charge in [0.05, 0.1) is 21.3 Å². The number of pyridine rings is 1. The minimum Gasteiger partial charge on any atom is -0.478 e. The van der Waals surface area contributed by atoms with Crippen LogP contribution in [0.2, 0.25) is 10.0 Å². The third kappa shape index (κ3) is 2.40. The van der Waals surface area contributed by atoms with Gasteiger partial charge in [0.25, 0.3) is 0 Å². The Balaban J connectivity index is 2.63. The molecule has 5 heteroatoms. The summed E-state index contributed by atoms with van der Waals surface area (Å²) in [6.07, 6.45) is 1.61. The zero-order valence-electron chi connectivity index (χ0n) is 8.52. The van der Waals surface area contributed by atoms with Crippen LogP contribution in [-0.4, -0.2) is 16.1 Å². The van der Waals surface area contributed by atoms with Crippen LogP contribution >= 0.6 is 23.2 Å². The molecule has 0 aliphatic carbocycles. The SMILES string of the molecule is O=C(O)c1cc(-c2ccccn2)c(Cl)cc1Cl. The van der Waals surface area contributed by atoms with E-state index in [1.807, 2.05) is 0 Å². The fourth-order valence-corrected chi connectivity index (χ4v) is 1.99. The highest BCUT2D eigenvalue weighted by molar-refractivity contribution is 6.38. The molecule has 17 heavy (non-hydrogen) atoms. The van der Waals surface area contributed by atoms with Gasteiger partial charge in [-0.05, 0) is 24.3 Å². The summed E-state index contributed by atoms with van der Waals surface area (Å²) >= 11 is 11.8. The highest BCUT2D eigenvalue weighted by atomic mass is 35.5. The van der Waals surface area contributed by atoms with E-state index in [0.29, 0.717) is 16.3 Å². The fraction of sp³-hybridized carbons (Fsp3) is 0. The van der Waals surface area contributed by atoms with Gasteiger partial charge in [-0.1, -0.05) is 29.3 Å². The van der Waals surface area contributed by atoms with E-state index in [9.17, 15) is 4.79 Å². The first-order valence-electron chi connectivity index (χ1n) is 4.73. The first-order valence-corrected chi connectivity index (χ1v) is 5.49. The topological polar surface area (TPSA) is 50.2 Å². The van der Waals surface area contributed by atoms with E-state index in [1.165, 1.54) is 12.1 Å². The van der Waals surface area contributed by atoms with Gasteiger partial charge in [-0.3, -0.25) is 4.98 Å². The summed E-state index contributed by atoms with van der Waals surface area (Å²) in [5.41, 5.74) is 1.17. The Bertz CT molecular complexity index is 570. The Morgan fingerprint density at radius 1 is 1.18 bits per heavy atom. The molecule has 1 N–H and O–H groups in total. The summed E-state index contributed by atoms with van der Waals surface area (Å²) in [6.45, 7) is 0. The van der Waals surface area contributed by atoms with Crippen LogP contribution in [0.5, 0.6) is 0 Å². The minimum absolute atomic E-state index is 0.0109. The molecule has 3 nitrogen and oxygen atoms in total. The molecule has 2 rings (SSSR count). The van der Waals surface area contributed by atoms with Crippen LogP contribution in [0, 0.1) is 0 Å². The maximum absolute atomic E-state index is 11.0. The lowest BCUT2D eigenvalue weighted by atomic mass is 10.1. The Hall–Kier alpha value is -1.58. The average Bonchev–Trinajstić information content (AvgIpc) is 2.29. The zero-order chi connectivity index (χ0) is 12.4. The largest absolute Gasteiger partial charge is 0.478 e. The molecule has 0 amide bonds. The van der Waals surface area contributed by atoms with Crippen LogP contribution in [0.25, 0.3) is 11.3 Å². The lowest BCUT2D eigenvalue weighted by molar-refractivity contribution is 0.0697. The first-order chi connectivity index (χ1) is 8.09. The summed E-state index contributed by atoms with van der Waals surface area (Å²) in [6, 6.07) is 8.16. The molecule has 0 aliphatic heterocycles. The van der Waals surface area contributed by atoms with Gasteiger partial charge in [0, 0.05) is 11.8 Å². The van der Waals surface area contributed by atoms with Crippen molar-refractivity contribution in [3.05, 3.63) is 52.1 Å². The molecule has 0 spiro atoms. The number of halogens is 2. The van der Waals surface area contributed by atoms with E-state index < -0.39 is 5.97 Å². The van der Waals surface area contributed by atoms with Crippen molar-refractivity contribution in [2.75, 3.05) is 0 Å². The van der Waals surface area contributed by atoms with Crippen LogP contribution < -0.4 is 0 Å². The summed E-state index contributed by atoms with van der Waals surface area (Å²) in [7, 11) is 0. The first kappa shape index (κ1) is 11.9. The normalized spacial score (nSPS) is 10.2. The molecular weight excluding hydrogens is 261 g/mol. The standard InChI is InChI=1S/C12H7Cl2NO2/c13-9-6-10(14)8(12(16)17)5-7(9)11-3-1-2-4-15-11/h1-6H,(H,16,17). The van der Waals surface area contributed by atoms with Crippen molar-refractivity contribution < 1.29 is 9.90 Å². The molecule has 1 heterocycles. The zero-order valence-corrected chi connectivity index (χ0v) is 10.0. The van der Waals surface area contributed by atoms with Crippen LogP contribution in [0.1, 0.15) is 10.4 Å². The summed E-state index contributed by atoms with van der Waals surface area (Å²) in [5, 5.41) is 9.47. The van der Waals surface area contributed by atoms with Gasteiger partial charge in [-0.2, -0.15) is 0 Å². The third-order valence-electron chi connectivity index (χ3n) is 2.23. The number of carboxylic acid groups (broad SMARTS) is 1. The molecule has 0 radical (unpaired) electrons. The van der Waals surface area contributed by atoms with Gasteiger partial charge < -0.3 is 5.11 Å². The Morgan fingerprint density at radius 2 is 1.94 bits per heavy atom. The Morgan fingerprint density at radius 3 is 2.53 bits per heavy atom. The number of nitrogens with zero attached hydrogens (tertiary/aromatic N) is 1. The predicted octanol–water partition coefficient (Wildman–Crippen LogP) is 3.75. The van der Waals surface area contributed by atoms with Crippen molar-refractivity contribution >= 4 is 29.2 Å². The molecule has 0 bridgehead atoms. The second kappa shape index (κ2) is 4.73. The van der Waals surface area contributed by atoms with Crippen molar-refractivity contribution in [1.82, 2.24) is 4.98 Å². The fourth-order valence-electron chi connectivity index (χ4n) is 1.43. The molecule has 0 aliphatic rings. The smallest absolute Gasteiger partial charge is 0.337 e. The average molecular weight is 268 g/mol. The molecule has 0 unspecified atom stereocenters. The predicted molar refractivity (Wildman–Crippen MR) is 66.7 cm³/mol. The van der Waals surface area contributed by atoms with Crippen LogP contribution in [0.3, 0.4) is 0 Å². The molecule has 1 aromatic carbocycles. The monoisotopic (exact) mass is 267 g/mol. The molecule has 2 aromatic rings. The minimum atomic E-state index is -1.09. The molecule has 0 fully saturated rings. The van der Waals surface area contributed by atoms with Crippen LogP contribution in [-0.2, 0) is 0 Å². The quantitative estimate of drug-likeness (QED) is 0.902. The Kier molecular flexibility index (Phi) is 3.31. The maximum Gasteiger partial charge on any atom is 0.337 e. The number of carboxylic acids is 1. The number of rotatable bonds is 2. The highest BCUT2D eigenvalue weighted by Crippen LogP contribution is 2.31. The maximum atomic E-state index is 11.0. The van der Waals surface area contributed by atoms with Crippen molar-refractivity contribution in [2.24, 2.45) is 0 Å².